The zero-order chi connectivity index (χ0) is 11.1. The lowest BCUT2D eigenvalue weighted by Gasteiger charge is -2.01. The molecule has 1 rings (SSSR count). The molecule has 0 saturated heterocycles. The van der Waals surface area contributed by atoms with Crippen molar-refractivity contribution in [2.75, 3.05) is 6.54 Å². The predicted molar refractivity (Wildman–Crippen MR) is 53.0 cm³/mol. The number of nitrogens with one attached hydrogen (secondary N) is 2. The molecule has 1 aromatic rings. The van der Waals surface area contributed by atoms with Crippen LogP contribution < -0.4 is 5.32 Å². The Balaban J connectivity index is 2.06. The summed E-state index contributed by atoms with van der Waals surface area (Å²) in [7, 11) is 0. The largest absolute Gasteiger partial charge is 0.356 e. The molecule has 6 heteroatoms. The number of aryl methyl sites for hydroxylation is 1. The second-order valence-electron chi connectivity index (χ2n) is 3.26. The minimum atomic E-state index is -0.222. The number of amides is 1. The Kier molecular flexibility index (Phi) is 4.46. The second-order valence-corrected chi connectivity index (χ2v) is 3.26. The van der Waals surface area contributed by atoms with Crippen molar-refractivity contribution < 1.29 is 9.59 Å². The van der Waals surface area contributed by atoms with Gasteiger partial charge in [0.15, 0.2) is 0 Å². The van der Waals surface area contributed by atoms with Crippen LogP contribution in [0.3, 0.4) is 0 Å². The summed E-state index contributed by atoms with van der Waals surface area (Å²) in [5.41, 5.74) is 0. The van der Waals surface area contributed by atoms with Gasteiger partial charge in [-0.2, -0.15) is 5.10 Å². The summed E-state index contributed by atoms with van der Waals surface area (Å²) in [6, 6.07) is 0. The number of hydrogen-bond acceptors (Lipinski definition) is 4. The molecule has 0 aliphatic carbocycles. The number of carbonyl (C=O) groups excluding carboxylic acids is 2. The van der Waals surface area contributed by atoms with E-state index in [1.807, 2.05) is 0 Å². The zero-order valence-corrected chi connectivity index (χ0v) is 8.62. The lowest BCUT2D eigenvalue weighted by atomic mass is 10.2. The van der Waals surface area contributed by atoms with Gasteiger partial charge in [-0.15, -0.1) is 0 Å². The first-order valence-corrected chi connectivity index (χ1v) is 4.79. The number of ketones is 1. The molecule has 0 bridgehead atoms. The molecule has 0 saturated carbocycles. The fraction of sp³-hybridized carbons (Fsp3) is 0.556. The number of nitrogens with zero attached hydrogens (tertiary/aromatic N) is 2. The molecule has 0 unspecified atom stereocenters. The molecule has 6 nitrogen and oxygen atoms in total. The first kappa shape index (κ1) is 11.4. The van der Waals surface area contributed by atoms with Gasteiger partial charge in [0, 0.05) is 13.0 Å². The molecule has 0 aliphatic heterocycles. The fourth-order valence-corrected chi connectivity index (χ4v) is 1.12. The van der Waals surface area contributed by atoms with Crippen molar-refractivity contribution in [3.8, 4) is 0 Å². The summed E-state index contributed by atoms with van der Waals surface area (Å²) in [4.78, 5) is 25.6. The van der Waals surface area contributed by atoms with E-state index in [9.17, 15) is 9.59 Å². The highest BCUT2D eigenvalue weighted by Gasteiger charge is 2.03. The molecule has 1 amide bonds. The molecule has 2 N–H and O–H groups in total. The summed E-state index contributed by atoms with van der Waals surface area (Å²) in [5, 5.41) is 9.09. The Morgan fingerprint density at radius 1 is 1.53 bits per heavy atom. The standard InChI is InChI=1S/C9H14N4O2/c1-7(14)5-9(15)10-4-2-3-8-11-6-12-13-8/h6H,2-5H2,1H3,(H,10,15)(H,11,12,13). The molecule has 15 heavy (non-hydrogen) atoms. The summed E-state index contributed by atoms with van der Waals surface area (Å²) in [6.45, 7) is 1.95. The predicted octanol–water partition coefficient (Wildman–Crippen LogP) is -0.167. The number of Topliss-reactive ketones (excluding diaryl/α,β-unsaturated/α-hetero) is 1. The van der Waals surface area contributed by atoms with E-state index in [-0.39, 0.29) is 18.1 Å². The van der Waals surface area contributed by atoms with Gasteiger partial charge in [0.25, 0.3) is 0 Å². The third-order valence-corrected chi connectivity index (χ3v) is 1.79. The Hall–Kier alpha value is -1.72. The molecule has 0 spiro atoms. The molecule has 0 radical (unpaired) electrons. The minimum absolute atomic E-state index is 0.0394. The van der Waals surface area contributed by atoms with Crippen LogP contribution in [-0.4, -0.2) is 33.4 Å². The maximum Gasteiger partial charge on any atom is 0.227 e. The van der Waals surface area contributed by atoms with Crippen LogP contribution in [0, 0.1) is 0 Å². The van der Waals surface area contributed by atoms with Gasteiger partial charge in [-0.1, -0.05) is 0 Å². The van der Waals surface area contributed by atoms with Gasteiger partial charge in [0.05, 0.1) is 6.42 Å². The summed E-state index contributed by atoms with van der Waals surface area (Å²) < 4.78 is 0. The Bertz CT molecular complexity index is 321. The van der Waals surface area contributed by atoms with Gasteiger partial charge in [0.1, 0.15) is 17.9 Å². The van der Waals surface area contributed by atoms with Crippen LogP contribution in [0.25, 0.3) is 0 Å². The highest BCUT2D eigenvalue weighted by atomic mass is 16.2. The summed E-state index contributed by atoms with van der Waals surface area (Å²) in [5.74, 6) is 0.457. The van der Waals surface area contributed by atoms with Crippen molar-refractivity contribution in [3.05, 3.63) is 12.2 Å². The molecule has 1 aromatic heterocycles. The number of carbonyl (C=O) groups is 2. The van der Waals surface area contributed by atoms with Gasteiger partial charge in [-0.3, -0.25) is 14.7 Å². The summed E-state index contributed by atoms with van der Waals surface area (Å²) in [6.07, 6.45) is 2.92. The molecule has 82 valence electrons. The van der Waals surface area contributed by atoms with Crippen molar-refractivity contribution in [1.82, 2.24) is 20.5 Å². The van der Waals surface area contributed by atoms with Crippen molar-refractivity contribution in [1.29, 1.82) is 0 Å². The SMILES string of the molecule is CC(=O)CC(=O)NCCCc1ncn[nH]1. The number of aromatic nitrogens is 3. The van der Waals surface area contributed by atoms with Crippen molar-refractivity contribution in [2.45, 2.75) is 26.2 Å². The first-order chi connectivity index (χ1) is 7.18. The van der Waals surface area contributed by atoms with Gasteiger partial charge < -0.3 is 5.32 Å². The smallest absolute Gasteiger partial charge is 0.227 e. The molecule has 0 atom stereocenters. The van der Waals surface area contributed by atoms with Crippen LogP contribution in [0.5, 0.6) is 0 Å². The van der Waals surface area contributed by atoms with Crippen LogP contribution in [0.2, 0.25) is 0 Å². The van der Waals surface area contributed by atoms with E-state index in [0.29, 0.717) is 6.54 Å². The number of H-pyrrole nitrogens is 1. The van der Waals surface area contributed by atoms with Crippen LogP contribution in [0.15, 0.2) is 6.33 Å². The molecule has 0 aromatic carbocycles. The fourth-order valence-electron chi connectivity index (χ4n) is 1.12. The highest BCUT2D eigenvalue weighted by Crippen LogP contribution is 1.91. The van der Waals surface area contributed by atoms with E-state index in [4.69, 9.17) is 0 Å². The maximum atomic E-state index is 11.0. The molecular weight excluding hydrogens is 196 g/mol. The Labute approximate surface area is 87.5 Å². The van der Waals surface area contributed by atoms with Crippen molar-refractivity contribution in [3.63, 3.8) is 0 Å². The second kappa shape index (κ2) is 5.90. The van der Waals surface area contributed by atoms with E-state index >= 15 is 0 Å². The first-order valence-electron chi connectivity index (χ1n) is 4.79. The lowest BCUT2D eigenvalue weighted by molar-refractivity contribution is -0.127. The zero-order valence-electron chi connectivity index (χ0n) is 8.62. The van der Waals surface area contributed by atoms with Gasteiger partial charge >= 0.3 is 0 Å². The number of rotatable bonds is 6. The summed E-state index contributed by atoms with van der Waals surface area (Å²) >= 11 is 0. The van der Waals surface area contributed by atoms with Crippen molar-refractivity contribution >= 4 is 11.7 Å². The van der Waals surface area contributed by atoms with Crippen molar-refractivity contribution in [2.24, 2.45) is 0 Å². The Morgan fingerprint density at radius 3 is 2.93 bits per heavy atom. The maximum absolute atomic E-state index is 11.0. The third-order valence-electron chi connectivity index (χ3n) is 1.79. The highest BCUT2D eigenvalue weighted by molar-refractivity contribution is 5.96. The Morgan fingerprint density at radius 2 is 2.33 bits per heavy atom. The van der Waals surface area contributed by atoms with E-state index in [1.54, 1.807) is 0 Å². The van der Waals surface area contributed by atoms with Gasteiger partial charge in [0.2, 0.25) is 5.91 Å². The average Bonchev–Trinajstić information content (AvgIpc) is 2.63. The number of hydrogen-bond donors (Lipinski definition) is 2. The molecule has 0 aliphatic rings. The van der Waals surface area contributed by atoms with Crippen LogP contribution >= 0.6 is 0 Å². The van der Waals surface area contributed by atoms with Gasteiger partial charge in [-0.25, -0.2) is 4.98 Å². The van der Waals surface area contributed by atoms with E-state index < -0.39 is 0 Å². The normalized spacial score (nSPS) is 9.93. The topological polar surface area (TPSA) is 87.7 Å². The van der Waals surface area contributed by atoms with Crippen LogP contribution in [0.4, 0.5) is 0 Å². The number of aromatic amines is 1. The molecular formula is C9H14N4O2. The third kappa shape index (κ3) is 4.90. The van der Waals surface area contributed by atoms with E-state index in [2.05, 4.69) is 20.5 Å². The van der Waals surface area contributed by atoms with Gasteiger partial charge in [-0.05, 0) is 13.3 Å². The van der Waals surface area contributed by atoms with E-state index in [1.165, 1.54) is 13.3 Å². The molecule has 0 fully saturated rings. The van der Waals surface area contributed by atoms with Crippen LogP contribution in [-0.2, 0) is 16.0 Å². The van der Waals surface area contributed by atoms with E-state index in [0.717, 1.165) is 18.7 Å². The average molecular weight is 210 g/mol. The molecule has 1 heterocycles. The lowest BCUT2D eigenvalue weighted by Crippen LogP contribution is -2.26. The van der Waals surface area contributed by atoms with Crippen LogP contribution in [0.1, 0.15) is 25.6 Å². The monoisotopic (exact) mass is 210 g/mol. The minimum Gasteiger partial charge on any atom is -0.356 e. The quantitative estimate of drug-likeness (QED) is 0.504.